The molecule has 0 bridgehead atoms. The molecule has 0 radical (unpaired) electrons. The molecule has 2 aliphatic rings. The molecule has 2 fully saturated rings. The lowest BCUT2D eigenvalue weighted by atomic mass is 10.1. The highest BCUT2D eigenvalue weighted by Crippen LogP contribution is 2.29. The molecule has 1 saturated carbocycles. The summed E-state index contributed by atoms with van der Waals surface area (Å²) >= 11 is 0. The number of nitrogens with zero attached hydrogens (tertiary/aromatic N) is 1. The molecule has 3 rings (SSSR count). The van der Waals surface area contributed by atoms with Gasteiger partial charge in [-0.15, -0.1) is 12.4 Å². The normalized spacial score (nSPS) is 19.9. The van der Waals surface area contributed by atoms with Crippen LogP contribution in [0.3, 0.4) is 0 Å². The first-order chi connectivity index (χ1) is 11.7. The van der Waals surface area contributed by atoms with E-state index in [-0.39, 0.29) is 22.2 Å². The molecule has 1 aromatic rings. The topological polar surface area (TPSA) is 83.5 Å². The minimum Gasteiger partial charge on any atom is -0.314 e. The Labute approximate surface area is 162 Å². The van der Waals surface area contributed by atoms with Gasteiger partial charge in [-0.05, 0) is 62.8 Å². The third-order valence-electron chi connectivity index (χ3n) is 5.05. The summed E-state index contributed by atoms with van der Waals surface area (Å²) in [4.78, 5) is 0.137. The van der Waals surface area contributed by atoms with Crippen molar-refractivity contribution in [3.8, 4) is 0 Å². The fourth-order valence-electron chi connectivity index (χ4n) is 3.18. The molecule has 1 aliphatic carbocycles. The third kappa shape index (κ3) is 4.98. The van der Waals surface area contributed by atoms with Gasteiger partial charge in [0.05, 0.1) is 9.79 Å². The minimum absolute atomic E-state index is 0. The van der Waals surface area contributed by atoms with Crippen LogP contribution < -0.4 is 5.32 Å². The molecule has 0 atom stereocenters. The second-order valence-electron chi connectivity index (χ2n) is 7.23. The van der Waals surface area contributed by atoms with Crippen LogP contribution in [0.2, 0.25) is 0 Å². The lowest BCUT2D eigenvalue weighted by Gasteiger charge is -2.32. The van der Waals surface area contributed by atoms with Crippen molar-refractivity contribution in [1.82, 2.24) is 9.62 Å². The fraction of sp³-hybridized carbons (Fsp3) is 0.647. The summed E-state index contributed by atoms with van der Waals surface area (Å²) in [5.41, 5.74) is 0.571. The second kappa shape index (κ2) is 8.14. The SMILES string of the molecule is Cc1ccc(S(C)(=O)=O)cc1S(=O)(=O)N1CCC(NCC2CC2)CC1.Cl. The van der Waals surface area contributed by atoms with E-state index in [1.807, 2.05) is 0 Å². The van der Waals surface area contributed by atoms with Gasteiger partial charge in [0.2, 0.25) is 10.0 Å². The minimum atomic E-state index is -3.68. The van der Waals surface area contributed by atoms with E-state index in [2.05, 4.69) is 5.32 Å². The molecule has 1 aromatic carbocycles. The lowest BCUT2D eigenvalue weighted by molar-refractivity contribution is 0.288. The Balaban J connectivity index is 0.00000243. The first-order valence-corrected chi connectivity index (χ1v) is 12.1. The number of hydrogen-bond donors (Lipinski definition) is 1. The molecule has 26 heavy (non-hydrogen) atoms. The number of piperidine rings is 1. The van der Waals surface area contributed by atoms with E-state index in [4.69, 9.17) is 0 Å². The molecule has 0 aromatic heterocycles. The Morgan fingerprint density at radius 2 is 1.69 bits per heavy atom. The molecule has 0 amide bonds. The number of rotatable bonds is 6. The molecule has 0 spiro atoms. The lowest BCUT2D eigenvalue weighted by Crippen LogP contribution is -2.45. The average Bonchev–Trinajstić information content (AvgIpc) is 3.37. The van der Waals surface area contributed by atoms with Gasteiger partial charge in [0.25, 0.3) is 0 Å². The maximum Gasteiger partial charge on any atom is 0.243 e. The van der Waals surface area contributed by atoms with Crippen molar-refractivity contribution >= 4 is 32.3 Å². The maximum atomic E-state index is 13.0. The van der Waals surface area contributed by atoms with Crippen LogP contribution in [0.25, 0.3) is 0 Å². The van der Waals surface area contributed by atoms with E-state index < -0.39 is 19.9 Å². The van der Waals surface area contributed by atoms with Crippen LogP contribution in [-0.4, -0.2) is 53.1 Å². The summed E-state index contributed by atoms with van der Waals surface area (Å²) in [6.45, 7) is 3.66. The monoisotopic (exact) mass is 422 g/mol. The Morgan fingerprint density at radius 3 is 2.23 bits per heavy atom. The van der Waals surface area contributed by atoms with Gasteiger partial charge in [0.1, 0.15) is 0 Å². The van der Waals surface area contributed by atoms with E-state index in [0.717, 1.165) is 31.6 Å². The van der Waals surface area contributed by atoms with Crippen molar-refractivity contribution in [3.05, 3.63) is 23.8 Å². The molecule has 1 saturated heterocycles. The van der Waals surface area contributed by atoms with Crippen molar-refractivity contribution in [1.29, 1.82) is 0 Å². The maximum absolute atomic E-state index is 13.0. The average molecular weight is 423 g/mol. The zero-order chi connectivity index (χ0) is 18.2. The Morgan fingerprint density at radius 1 is 1.08 bits per heavy atom. The number of benzene rings is 1. The summed E-state index contributed by atoms with van der Waals surface area (Å²) in [6, 6.07) is 4.68. The van der Waals surface area contributed by atoms with Crippen molar-refractivity contribution < 1.29 is 16.8 Å². The number of halogens is 1. The number of sulfonamides is 1. The second-order valence-corrected chi connectivity index (χ2v) is 11.2. The van der Waals surface area contributed by atoms with E-state index >= 15 is 0 Å². The van der Waals surface area contributed by atoms with Gasteiger partial charge in [-0.25, -0.2) is 16.8 Å². The molecule has 1 heterocycles. The van der Waals surface area contributed by atoms with Gasteiger partial charge in [-0.3, -0.25) is 0 Å². The molecular formula is C17H27ClN2O4S2. The highest BCUT2D eigenvalue weighted by atomic mass is 35.5. The molecule has 0 unspecified atom stereocenters. The van der Waals surface area contributed by atoms with Crippen molar-refractivity contribution in [3.63, 3.8) is 0 Å². The van der Waals surface area contributed by atoms with Crippen LogP contribution in [0.5, 0.6) is 0 Å². The zero-order valence-corrected chi connectivity index (χ0v) is 17.6. The molecule has 1 aliphatic heterocycles. The fourth-order valence-corrected chi connectivity index (χ4v) is 5.63. The van der Waals surface area contributed by atoms with E-state index in [1.165, 1.54) is 29.3 Å². The summed E-state index contributed by atoms with van der Waals surface area (Å²) < 4.78 is 51.0. The Kier molecular flexibility index (Phi) is 6.77. The molecule has 6 nitrogen and oxygen atoms in total. The smallest absolute Gasteiger partial charge is 0.243 e. The van der Waals surface area contributed by atoms with Gasteiger partial charge in [0.15, 0.2) is 9.84 Å². The summed E-state index contributed by atoms with van der Waals surface area (Å²) in [5, 5.41) is 3.53. The van der Waals surface area contributed by atoms with Crippen LogP contribution in [0, 0.1) is 12.8 Å². The van der Waals surface area contributed by atoms with Crippen LogP contribution in [0.4, 0.5) is 0 Å². The molecule has 148 valence electrons. The van der Waals surface area contributed by atoms with E-state index in [1.54, 1.807) is 13.0 Å². The van der Waals surface area contributed by atoms with Gasteiger partial charge >= 0.3 is 0 Å². The van der Waals surface area contributed by atoms with Crippen LogP contribution in [-0.2, 0) is 19.9 Å². The third-order valence-corrected chi connectivity index (χ3v) is 8.20. The molecule has 9 heteroatoms. The van der Waals surface area contributed by atoms with Crippen molar-refractivity contribution in [2.45, 2.75) is 48.4 Å². The van der Waals surface area contributed by atoms with Crippen LogP contribution >= 0.6 is 12.4 Å². The summed E-state index contributed by atoms with van der Waals surface area (Å²) in [7, 11) is -7.12. The first-order valence-electron chi connectivity index (χ1n) is 8.72. The number of nitrogens with one attached hydrogen (secondary N) is 1. The highest BCUT2D eigenvalue weighted by Gasteiger charge is 2.31. The first kappa shape index (κ1) is 21.6. The van der Waals surface area contributed by atoms with E-state index in [0.29, 0.717) is 24.7 Å². The predicted molar refractivity (Wildman–Crippen MR) is 104 cm³/mol. The number of sulfone groups is 1. The van der Waals surface area contributed by atoms with Gasteiger partial charge in [-0.1, -0.05) is 6.07 Å². The van der Waals surface area contributed by atoms with Gasteiger partial charge < -0.3 is 5.32 Å². The standard InChI is InChI=1S/C17H26N2O4S2.ClH/c1-13-3-6-16(24(2,20)21)11-17(13)25(22,23)19-9-7-15(8-10-19)18-12-14-4-5-14;/h3,6,11,14-15,18H,4-5,7-10,12H2,1-2H3;1H. The quantitative estimate of drug-likeness (QED) is 0.757. The van der Waals surface area contributed by atoms with Gasteiger partial charge in [0, 0.05) is 25.4 Å². The van der Waals surface area contributed by atoms with Crippen molar-refractivity contribution in [2.75, 3.05) is 25.9 Å². The predicted octanol–water partition coefficient (Wildman–Crippen LogP) is 1.97. The largest absolute Gasteiger partial charge is 0.314 e. The Hall–Kier alpha value is -0.670. The van der Waals surface area contributed by atoms with Crippen molar-refractivity contribution in [2.24, 2.45) is 5.92 Å². The van der Waals surface area contributed by atoms with E-state index in [9.17, 15) is 16.8 Å². The Bertz CT molecular complexity index is 844. The molecule has 1 N–H and O–H groups in total. The summed E-state index contributed by atoms with van der Waals surface area (Å²) in [5.74, 6) is 0.808. The highest BCUT2D eigenvalue weighted by molar-refractivity contribution is 7.91. The van der Waals surface area contributed by atoms with Gasteiger partial charge in [-0.2, -0.15) is 4.31 Å². The number of hydrogen-bond acceptors (Lipinski definition) is 5. The zero-order valence-electron chi connectivity index (χ0n) is 15.1. The number of aryl methyl sites for hydroxylation is 1. The summed E-state index contributed by atoms with van der Waals surface area (Å²) in [6.07, 6.45) is 5.27. The van der Waals surface area contributed by atoms with Crippen LogP contribution in [0.15, 0.2) is 28.0 Å². The van der Waals surface area contributed by atoms with Crippen LogP contribution in [0.1, 0.15) is 31.2 Å². The molecular weight excluding hydrogens is 396 g/mol.